The summed E-state index contributed by atoms with van der Waals surface area (Å²) in [7, 11) is 0. The van der Waals surface area contributed by atoms with Crippen molar-refractivity contribution >= 4 is 11.6 Å². The van der Waals surface area contributed by atoms with Crippen LogP contribution in [0.25, 0.3) is 0 Å². The monoisotopic (exact) mass is 145 g/mol. The van der Waals surface area contributed by atoms with E-state index in [0.717, 1.165) is 0 Å². The third-order valence-corrected chi connectivity index (χ3v) is 1.27. The van der Waals surface area contributed by atoms with Gasteiger partial charge in [0.15, 0.2) is 0 Å². The number of aromatic nitrogens is 1. The minimum atomic E-state index is -0.479. The molecule has 0 fully saturated rings. The van der Waals surface area contributed by atoms with Crippen LogP contribution >= 0.6 is 11.6 Å². The lowest BCUT2D eigenvalue weighted by Crippen LogP contribution is -1.87. The Morgan fingerprint density at radius 2 is 2.44 bits per heavy atom. The van der Waals surface area contributed by atoms with Gasteiger partial charge in [0.1, 0.15) is 0 Å². The number of hydrogen-bond donors (Lipinski definition) is 0. The molecule has 1 heterocycles. The van der Waals surface area contributed by atoms with Gasteiger partial charge in [-0.2, -0.15) is 4.39 Å². The fraction of sp³-hybridized carbons (Fsp3) is 0.167. The van der Waals surface area contributed by atoms with Gasteiger partial charge in [0, 0.05) is 11.8 Å². The van der Waals surface area contributed by atoms with Crippen molar-refractivity contribution < 1.29 is 4.39 Å². The van der Waals surface area contributed by atoms with Gasteiger partial charge < -0.3 is 0 Å². The lowest BCUT2D eigenvalue weighted by Gasteiger charge is -1.92. The molecule has 0 atom stereocenters. The van der Waals surface area contributed by atoms with Gasteiger partial charge in [-0.1, -0.05) is 6.07 Å². The number of alkyl halides is 1. The second-order valence-corrected chi connectivity index (χ2v) is 1.85. The van der Waals surface area contributed by atoms with Crippen LogP contribution in [0.3, 0.4) is 0 Å². The molecule has 3 heteroatoms. The average Bonchev–Trinajstić information content (AvgIpc) is 1.89. The van der Waals surface area contributed by atoms with Gasteiger partial charge in [0.25, 0.3) is 0 Å². The van der Waals surface area contributed by atoms with Gasteiger partial charge >= 0.3 is 0 Å². The molecule has 0 bridgehead atoms. The van der Waals surface area contributed by atoms with Crippen LogP contribution in [0.1, 0.15) is 5.56 Å². The Morgan fingerprint density at radius 1 is 1.67 bits per heavy atom. The van der Waals surface area contributed by atoms with Gasteiger partial charge in [-0.15, -0.1) is 11.6 Å². The fourth-order valence-corrected chi connectivity index (χ4v) is 0.718. The zero-order valence-electron chi connectivity index (χ0n) is 4.64. The van der Waals surface area contributed by atoms with Crippen molar-refractivity contribution in [1.29, 1.82) is 0 Å². The van der Waals surface area contributed by atoms with Crippen molar-refractivity contribution in [2.75, 3.05) is 0 Å². The lowest BCUT2D eigenvalue weighted by molar-refractivity contribution is 0.573. The highest BCUT2D eigenvalue weighted by Crippen LogP contribution is 2.04. The van der Waals surface area contributed by atoms with E-state index in [4.69, 9.17) is 11.6 Å². The first kappa shape index (κ1) is 6.49. The largest absolute Gasteiger partial charge is 0.228 e. The number of pyridine rings is 1. The minimum absolute atomic E-state index is 0.180. The average molecular weight is 146 g/mol. The van der Waals surface area contributed by atoms with E-state index in [1.165, 1.54) is 6.20 Å². The molecule has 0 unspecified atom stereocenters. The third kappa shape index (κ3) is 1.39. The normalized spacial score (nSPS) is 9.56. The maximum absolute atomic E-state index is 12.4. The van der Waals surface area contributed by atoms with E-state index < -0.39 is 5.95 Å². The molecule has 0 saturated heterocycles. The minimum Gasteiger partial charge on any atom is -0.228 e. The Labute approximate surface area is 57.5 Å². The molecule has 0 spiro atoms. The molecule has 0 aliphatic rings. The molecule has 0 amide bonds. The van der Waals surface area contributed by atoms with E-state index in [1.54, 1.807) is 12.1 Å². The highest BCUT2D eigenvalue weighted by molar-refractivity contribution is 6.17. The van der Waals surface area contributed by atoms with Crippen LogP contribution in [-0.2, 0) is 5.88 Å². The summed E-state index contributed by atoms with van der Waals surface area (Å²) in [6, 6.07) is 3.26. The van der Waals surface area contributed by atoms with Crippen LogP contribution in [-0.4, -0.2) is 4.98 Å². The number of halogens is 2. The van der Waals surface area contributed by atoms with Crippen molar-refractivity contribution in [3.05, 3.63) is 29.8 Å². The smallest absolute Gasteiger partial charge is 0.217 e. The Morgan fingerprint density at radius 3 is 2.89 bits per heavy atom. The summed E-state index contributed by atoms with van der Waals surface area (Å²) in [4.78, 5) is 3.40. The van der Waals surface area contributed by atoms with Crippen molar-refractivity contribution in [2.24, 2.45) is 0 Å². The van der Waals surface area contributed by atoms with Gasteiger partial charge in [-0.05, 0) is 6.07 Å². The summed E-state index contributed by atoms with van der Waals surface area (Å²) in [5, 5.41) is 0. The first-order valence-electron chi connectivity index (χ1n) is 2.50. The quantitative estimate of drug-likeness (QED) is 0.435. The van der Waals surface area contributed by atoms with Crippen molar-refractivity contribution in [2.45, 2.75) is 5.88 Å². The molecular formula is C6H5ClFN. The lowest BCUT2D eigenvalue weighted by atomic mass is 10.3. The maximum Gasteiger partial charge on any atom is 0.217 e. The van der Waals surface area contributed by atoms with E-state index in [-0.39, 0.29) is 5.88 Å². The summed E-state index contributed by atoms with van der Waals surface area (Å²) in [5.41, 5.74) is 0.444. The van der Waals surface area contributed by atoms with Gasteiger partial charge in [0.2, 0.25) is 5.95 Å². The summed E-state index contributed by atoms with van der Waals surface area (Å²) < 4.78 is 12.4. The van der Waals surface area contributed by atoms with Gasteiger partial charge in [-0.25, -0.2) is 4.98 Å². The standard InChI is InChI=1S/C6H5ClFN/c7-4-5-2-1-3-9-6(5)8/h1-3H,4H2. The molecule has 0 aromatic carbocycles. The van der Waals surface area contributed by atoms with Gasteiger partial charge in [-0.3, -0.25) is 0 Å². The van der Waals surface area contributed by atoms with Gasteiger partial charge in [0.05, 0.1) is 5.88 Å². The van der Waals surface area contributed by atoms with Crippen LogP contribution in [0.2, 0.25) is 0 Å². The van der Waals surface area contributed by atoms with Crippen LogP contribution < -0.4 is 0 Å². The third-order valence-electron chi connectivity index (χ3n) is 0.980. The Bertz CT molecular complexity index is 202. The van der Waals surface area contributed by atoms with Crippen molar-refractivity contribution in [3.8, 4) is 0 Å². The first-order valence-corrected chi connectivity index (χ1v) is 3.03. The molecule has 48 valence electrons. The van der Waals surface area contributed by atoms with Crippen LogP contribution in [0, 0.1) is 5.95 Å². The predicted octanol–water partition coefficient (Wildman–Crippen LogP) is 1.96. The molecule has 9 heavy (non-hydrogen) atoms. The molecule has 1 aromatic rings. The van der Waals surface area contributed by atoms with Crippen molar-refractivity contribution in [1.82, 2.24) is 4.98 Å². The molecule has 0 N–H and O–H groups in total. The van der Waals surface area contributed by atoms with E-state index >= 15 is 0 Å². The summed E-state index contributed by atoms with van der Waals surface area (Å²) >= 11 is 5.35. The van der Waals surface area contributed by atoms with Crippen LogP contribution in [0.15, 0.2) is 18.3 Å². The summed E-state index contributed by atoms with van der Waals surface area (Å²) in [5.74, 6) is -0.299. The second kappa shape index (κ2) is 2.78. The molecule has 1 aromatic heterocycles. The molecule has 0 aliphatic carbocycles. The first-order chi connectivity index (χ1) is 4.34. The molecule has 0 aliphatic heterocycles. The summed E-state index contributed by atoms with van der Waals surface area (Å²) in [6.45, 7) is 0. The van der Waals surface area contributed by atoms with Crippen molar-refractivity contribution in [3.63, 3.8) is 0 Å². The topological polar surface area (TPSA) is 12.9 Å². The molecule has 1 nitrogen and oxygen atoms in total. The Balaban J connectivity index is 3.01. The molecule has 0 saturated carbocycles. The predicted molar refractivity (Wildman–Crippen MR) is 33.8 cm³/mol. The van der Waals surface area contributed by atoms with Crippen LogP contribution in [0.4, 0.5) is 4.39 Å². The van der Waals surface area contributed by atoms with E-state index in [1.807, 2.05) is 0 Å². The highest BCUT2D eigenvalue weighted by Gasteiger charge is 1.96. The van der Waals surface area contributed by atoms with E-state index in [2.05, 4.69) is 4.98 Å². The highest BCUT2D eigenvalue weighted by atomic mass is 35.5. The zero-order valence-corrected chi connectivity index (χ0v) is 5.40. The fourth-order valence-electron chi connectivity index (χ4n) is 0.519. The molecule has 0 radical (unpaired) electrons. The Kier molecular flexibility index (Phi) is 2.01. The van der Waals surface area contributed by atoms with E-state index in [9.17, 15) is 4.39 Å². The number of nitrogens with zero attached hydrogens (tertiary/aromatic N) is 1. The van der Waals surface area contributed by atoms with Crippen LogP contribution in [0.5, 0.6) is 0 Å². The zero-order chi connectivity index (χ0) is 6.69. The number of hydrogen-bond acceptors (Lipinski definition) is 1. The molecule has 1 rings (SSSR count). The maximum atomic E-state index is 12.4. The number of rotatable bonds is 1. The SMILES string of the molecule is Fc1ncccc1CCl. The second-order valence-electron chi connectivity index (χ2n) is 1.59. The summed E-state index contributed by atoms with van der Waals surface area (Å²) in [6.07, 6.45) is 1.39. The van der Waals surface area contributed by atoms with E-state index in [0.29, 0.717) is 5.56 Å². The molecular weight excluding hydrogens is 141 g/mol. The Hall–Kier alpha value is -0.630.